The van der Waals surface area contributed by atoms with Gasteiger partial charge in [0.25, 0.3) is 5.91 Å². The van der Waals surface area contributed by atoms with E-state index in [0.29, 0.717) is 23.8 Å². The van der Waals surface area contributed by atoms with Crippen molar-refractivity contribution in [3.8, 4) is 0 Å². The topological polar surface area (TPSA) is 73.8 Å². The van der Waals surface area contributed by atoms with Gasteiger partial charge < -0.3 is 4.90 Å². The van der Waals surface area contributed by atoms with Crippen molar-refractivity contribution in [2.24, 2.45) is 0 Å². The second-order valence-corrected chi connectivity index (χ2v) is 12.5. The SMILES string of the molecule is Cc1cc2nc(N(CCN(C)C)C(=O)c3ccc(S(=O)(=O)N(C)Cc4ccccc4)cc3)sc2cc1C. The van der Waals surface area contributed by atoms with E-state index in [1.807, 2.05) is 55.4 Å². The number of carbonyl (C=O) groups is 1. The van der Waals surface area contributed by atoms with Crippen LogP contribution in [0.4, 0.5) is 5.13 Å². The standard InChI is InChI=1S/C28H32N4O3S2/c1-20-17-25-26(18-21(20)2)36-28(29-25)32(16-15-30(3)4)27(33)23-11-13-24(14-12-23)37(34,35)31(5)19-22-9-7-6-8-10-22/h6-14,17-18H,15-16,19H2,1-5H3. The van der Waals surface area contributed by atoms with Crippen molar-refractivity contribution >= 4 is 42.6 Å². The lowest BCUT2D eigenvalue weighted by Crippen LogP contribution is -2.36. The molecule has 0 fully saturated rings. The monoisotopic (exact) mass is 536 g/mol. The molecule has 0 aliphatic rings. The summed E-state index contributed by atoms with van der Waals surface area (Å²) in [6, 6.07) is 19.7. The van der Waals surface area contributed by atoms with Crippen LogP contribution in [0, 0.1) is 13.8 Å². The number of carbonyl (C=O) groups excluding carboxylic acids is 1. The van der Waals surface area contributed by atoms with Crippen LogP contribution in [0.15, 0.2) is 71.6 Å². The minimum absolute atomic E-state index is 0.147. The van der Waals surface area contributed by atoms with Crippen LogP contribution in [-0.2, 0) is 16.6 Å². The molecule has 0 radical (unpaired) electrons. The molecular weight excluding hydrogens is 504 g/mol. The Bertz CT molecular complexity index is 1460. The summed E-state index contributed by atoms with van der Waals surface area (Å²) in [4.78, 5) is 22.2. The molecule has 0 atom stereocenters. The fourth-order valence-corrected chi connectivity index (χ4v) is 6.13. The zero-order chi connectivity index (χ0) is 26.7. The van der Waals surface area contributed by atoms with E-state index in [4.69, 9.17) is 4.98 Å². The van der Waals surface area contributed by atoms with E-state index in [0.717, 1.165) is 21.3 Å². The van der Waals surface area contributed by atoms with E-state index in [1.54, 1.807) is 24.1 Å². The first kappa shape index (κ1) is 26.9. The van der Waals surface area contributed by atoms with Gasteiger partial charge in [-0.25, -0.2) is 13.4 Å². The number of thiazole rings is 1. The molecule has 0 aliphatic heterocycles. The van der Waals surface area contributed by atoms with E-state index in [9.17, 15) is 13.2 Å². The van der Waals surface area contributed by atoms with Crippen molar-refractivity contribution in [2.75, 3.05) is 39.1 Å². The first-order valence-electron chi connectivity index (χ1n) is 12.0. The molecule has 0 spiro atoms. The highest BCUT2D eigenvalue weighted by atomic mass is 32.2. The molecule has 0 saturated carbocycles. The van der Waals surface area contributed by atoms with Crippen LogP contribution < -0.4 is 4.90 Å². The first-order valence-corrected chi connectivity index (χ1v) is 14.3. The maximum Gasteiger partial charge on any atom is 0.260 e. The van der Waals surface area contributed by atoms with Gasteiger partial charge in [-0.15, -0.1) is 0 Å². The zero-order valence-electron chi connectivity index (χ0n) is 21.8. The molecule has 1 aromatic heterocycles. The summed E-state index contributed by atoms with van der Waals surface area (Å²) in [5.74, 6) is -0.212. The third-order valence-electron chi connectivity index (χ3n) is 6.30. The van der Waals surface area contributed by atoms with Gasteiger partial charge in [-0.2, -0.15) is 4.31 Å². The van der Waals surface area contributed by atoms with Gasteiger partial charge in [0.15, 0.2) is 5.13 Å². The van der Waals surface area contributed by atoms with Crippen LogP contribution in [0.1, 0.15) is 27.0 Å². The highest BCUT2D eigenvalue weighted by molar-refractivity contribution is 7.89. The molecule has 194 valence electrons. The normalized spacial score (nSPS) is 12.0. The van der Waals surface area contributed by atoms with Gasteiger partial charge in [-0.05, 0) is 81.0 Å². The predicted molar refractivity (Wildman–Crippen MR) is 151 cm³/mol. The van der Waals surface area contributed by atoms with Gasteiger partial charge in [-0.3, -0.25) is 9.69 Å². The van der Waals surface area contributed by atoms with E-state index in [1.165, 1.54) is 33.3 Å². The maximum atomic E-state index is 13.6. The molecule has 7 nitrogen and oxygen atoms in total. The zero-order valence-corrected chi connectivity index (χ0v) is 23.4. The smallest absolute Gasteiger partial charge is 0.260 e. The first-order chi connectivity index (χ1) is 17.6. The molecule has 9 heteroatoms. The summed E-state index contributed by atoms with van der Waals surface area (Å²) in [5, 5.41) is 0.631. The van der Waals surface area contributed by atoms with Gasteiger partial charge in [0.1, 0.15) is 0 Å². The number of likely N-dealkylation sites (N-methyl/N-ethyl adjacent to an activating group) is 1. The van der Waals surface area contributed by atoms with Crippen LogP contribution >= 0.6 is 11.3 Å². The summed E-state index contributed by atoms with van der Waals surface area (Å²) in [7, 11) is 1.76. The molecule has 0 N–H and O–H groups in total. The number of sulfonamides is 1. The van der Waals surface area contributed by atoms with E-state index in [-0.39, 0.29) is 17.3 Å². The Morgan fingerprint density at radius 1 is 0.892 bits per heavy atom. The number of rotatable bonds is 9. The molecule has 37 heavy (non-hydrogen) atoms. The molecule has 0 saturated heterocycles. The number of nitrogens with zero attached hydrogens (tertiary/aromatic N) is 4. The number of anilines is 1. The third kappa shape index (κ3) is 6.07. The minimum atomic E-state index is -3.71. The molecule has 0 aliphatic carbocycles. The summed E-state index contributed by atoms with van der Waals surface area (Å²) in [6.45, 7) is 5.50. The quantitative estimate of drug-likeness (QED) is 0.303. The Labute approximate surface area is 223 Å². The Morgan fingerprint density at radius 2 is 1.54 bits per heavy atom. The Balaban J connectivity index is 1.60. The summed E-state index contributed by atoms with van der Waals surface area (Å²) in [6.07, 6.45) is 0. The van der Waals surface area contributed by atoms with Crippen LogP contribution in [-0.4, -0.2) is 62.7 Å². The predicted octanol–water partition coefficient (Wildman–Crippen LogP) is 4.94. The molecule has 1 amide bonds. The van der Waals surface area contributed by atoms with E-state index in [2.05, 4.69) is 19.9 Å². The van der Waals surface area contributed by atoms with Crippen molar-refractivity contribution < 1.29 is 13.2 Å². The molecule has 1 heterocycles. The largest absolute Gasteiger partial charge is 0.308 e. The van der Waals surface area contributed by atoms with Crippen molar-refractivity contribution in [1.29, 1.82) is 0 Å². The van der Waals surface area contributed by atoms with E-state index < -0.39 is 10.0 Å². The number of benzene rings is 3. The molecular formula is C28H32N4O3S2. The van der Waals surface area contributed by atoms with Crippen LogP contribution in [0.3, 0.4) is 0 Å². The van der Waals surface area contributed by atoms with Crippen LogP contribution in [0.25, 0.3) is 10.2 Å². The van der Waals surface area contributed by atoms with Crippen LogP contribution in [0.2, 0.25) is 0 Å². The summed E-state index contributed by atoms with van der Waals surface area (Å²) in [5.41, 5.74) is 4.52. The van der Waals surface area contributed by atoms with Crippen molar-refractivity contribution in [1.82, 2.24) is 14.2 Å². The Morgan fingerprint density at radius 3 is 2.19 bits per heavy atom. The van der Waals surface area contributed by atoms with Gasteiger partial charge in [0.05, 0.1) is 15.1 Å². The lowest BCUT2D eigenvalue weighted by atomic mass is 10.1. The average molecular weight is 537 g/mol. The van der Waals surface area contributed by atoms with Gasteiger partial charge in [0, 0.05) is 32.2 Å². The van der Waals surface area contributed by atoms with Gasteiger partial charge >= 0.3 is 0 Å². The van der Waals surface area contributed by atoms with Crippen molar-refractivity contribution in [2.45, 2.75) is 25.3 Å². The molecule has 4 aromatic rings. The minimum Gasteiger partial charge on any atom is -0.308 e. The highest BCUT2D eigenvalue weighted by Gasteiger charge is 2.24. The summed E-state index contributed by atoms with van der Waals surface area (Å²) >= 11 is 1.49. The lowest BCUT2D eigenvalue weighted by molar-refractivity contribution is 0.0985. The fourth-order valence-electron chi connectivity index (χ4n) is 3.90. The Hall–Kier alpha value is -3.11. The number of hydrogen-bond acceptors (Lipinski definition) is 6. The summed E-state index contributed by atoms with van der Waals surface area (Å²) < 4.78 is 28.6. The Kier molecular flexibility index (Phi) is 8.08. The van der Waals surface area contributed by atoms with E-state index >= 15 is 0 Å². The number of fused-ring (bicyclic) bond motifs is 1. The maximum absolute atomic E-state index is 13.6. The second-order valence-electron chi connectivity index (χ2n) is 9.43. The van der Waals surface area contributed by atoms with Gasteiger partial charge in [-0.1, -0.05) is 41.7 Å². The van der Waals surface area contributed by atoms with Crippen LogP contribution in [0.5, 0.6) is 0 Å². The molecule has 0 unspecified atom stereocenters. The average Bonchev–Trinajstić information content (AvgIpc) is 3.26. The fraction of sp³-hybridized carbons (Fsp3) is 0.286. The second kappa shape index (κ2) is 11.1. The third-order valence-corrected chi connectivity index (χ3v) is 9.16. The number of aromatic nitrogens is 1. The van der Waals surface area contributed by atoms with Crippen molar-refractivity contribution in [3.63, 3.8) is 0 Å². The number of aryl methyl sites for hydroxylation is 2. The lowest BCUT2D eigenvalue weighted by Gasteiger charge is -2.22. The van der Waals surface area contributed by atoms with Gasteiger partial charge in [0.2, 0.25) is 10.0 Å². The molecule has 4 rings (SSSR count). The molecule has 3 aromatic carbocycles. The van der Waals surface area contributed by atoms with Crippen molar-refractivity contribution in [3.05, 3.63) is 89.0 Å². The number of hydrogen-bond donors (Lipinski definition) is 0. The highest BCUT2D eigenvalue weighted by Crippen LogP contribution is 2.31. The molecule has 0 bridgehead atoms. The number of amides is 1.